The van der Waals surface area contributed by atoms with Gasteiger partial charge in [-0.05, 0) is 32.2 Å². The zero-order chi connectivity index (χ0) is 12.8. The molecule has 2 rings (SSSR count). The van der Waals surface area contributed by atoms with Crippen molar-refractivity contribution in [2.45, 2.75) is 83.1 Å². The summed E-state index contributed by atoms with van der Waals surface area (Å²) in [6.07, 6.45) is 9.91. The highest BCUT2D eigenvalue weighted by Gasteiger charge is 2.43. The van der Waals surface area contributed by atoms with Crippen molar-refractivity contribution in [1.29, 1.82) is 0 Å². The molecule has 2 fully saturated rings. The molecule has 0 bridgehead atoms. The number of ether oxygens (including phenoxy) is 2. The van der Waals surface area contributed by atoms with Crippen molar-refractivity contribution in [2.24, 2.45) is 0 Å². The summed E-state index contributed by atoms with van der Waals surface area (Å²) in [5.74, 6) is 0. The van der Waals surface area contributed by atoms with E-state index in [1.54, 1.807) is 0 Å². The second-order valence-corrected chi connectivity index (χ2v) is 5.67. The van der Waals surface area contributed by atoms with Crippen LogP contribution < -0.4 is 5.32 Å². The zero-order valence-electron chi connectivity index (χ0n) is 12.0. The molecule has 3 atom stereocenters. The molecule has 0 aromatic carbocycles. The summed E-state index contributed by atoms with van der Waals surface area (Å²) in [5.41, 5.74) is 0. The number of hydrogen-bond donors (Lipinski definition) is 1. The van der Waals surface area contributed by atoms with Gasteiger partial charge in [-0.3, -0.25) is 0 Å². The lowest BCUT2D eigenvalue weighted by Crippen LogP contribution is -2.60. The minimum atomic E-state index is 0.284. The van der Waals surface area contributed by atoms with E-state index in [0.717, 1.165) is 26.0 Å². The molecule has 0 amide bonds. The van der Waals surface area contributed by atoms with Gasteiger partial charge in [0.05, 0.1) is 18.3 Å². The van der Waals surface area contributed by atoms with Crippen LogP contribution in [0.2, 0.25) is 0 Å². The SMILES string of the molecule is CCCOC1C(NCC)CC1OC1CCCCC1. The summed E-state index contributed by atoms with van der Waals surface area (Å²) in [6.45, 7) is 6.20. The number of hydrogen-bond acceptors (Lipinski definition) is 3. The van der Waals surface area contributed by atoms with Crippen LogP contribution in [-0.4, -0.2) is 37.5 Å². The minimum absolute atomic E-state index is 0.284. The van der Waals surface area contributed by atoms with Crippen LogP contribution in [0.4, 0.5) is 0 Å². The highest BCUT2D eigenvalue weighted by molar-refractivity contribution is 4.97. The molecule has 0 aromatic rings. The fourth-order valence-corrected chi connectivity index (χ4v) is 3.10. The van der Waals surface area contributed by atoms with E-state index in [2.05, 4.69) is 19.2 Å². The van der Waals surface area contributed by atoms with Gasteiger partial charge in [-0.15, -0.1) is 0 Å². The topological polar surface area (TPSA) is 30.5 Å². The van der Waals surface area contributed by atoms with Crippen LogP contribution in [-0.2, 0) is 9.47 Å². The standard InChI is InChI=1S/C15H29NO2/c1-3-10-17-15-13(16-4-2)11-14(15)18-12-8-6-5-7-9-12/h12-16H,3-11H2,1-2H3. The molecule has 0 aliphatic heterocycles. The van der Waals surface area contributed by atoms with Gasteiger partial charge < -0.3 is 14.8 Å². The van der Waals surface area contributed by atoms with Gasteiger partial charge in [0.25, 0.3) is 0 Å². The van der Waals surface area contributed by atoms with Gasteiger partial charge in [0, 0.05) is 12.6 Å². The highest BCUT2D eigenvalue weighted by atomic mass is 16.6. The van der Waals surface area contributed by atoms with E-state index < -0.39 is 0 Å². The quantitative estimate of drug-likeness (QED) is 0.759. The van der Waals surface area contributed by atoms with E-state index in [1.165, 1.54) is 32.1 Å². The van der Waals surface area contributed by atoms with Gasteiger partial charge in [-0.25, -0.2) is 0 Å². The Balaban J connectivity index is 1.76. The average Bonchev–Trinajstić information content (AvgIpc) is 2.39. The monoisotopic (exact) mass is 255 g/mol. The fraction of sp³-hybridized carbons (Fsp3) is 1.00. The van der Waals surface area contributed by atoms with E-state index >= 15 is 0 Å². The maximum atomic E-state index is 6.25. The third-order valence-electron chi connectivity index (χ3n) is 4.15. The highest BCUT2D eigenvalue weighted by Crippen LogP contribution is 2.31. The molecule has 0 spiro atoms. The second-order valence-electron chi connectivity index (χ2n) is 5.67. The van der Waals surface area contributed by atoms with Crippen LogP contribution in [0.5, 0.6) is 0 Å². The Morgan fingerprint density at radius 3 is 2.56 bits per heavy atom. The number of nitrogens with one attached hydrogen (secondary N) is 1. The van der Waals surface area contributed by atoms with Gasteiger partial charge in [0.2, 0.25) is 0 Å². The Labute approximate surface area is 112 Å². The van der Waals surface area contributed by atoms with Gasteiger partial charge in [-0.2, -0.15) is 0 Å². The lowest BCUT2D eigenvalue weighted by molar-refractivity contribution is -0.172. The zero-order valence-corrected chi connectivity index (χ0v) is 12.0. The molecular formula is C15H29NO2. The smallest absolute Gasteiger partial charge is 0.0990 e. The van der Waals surface area contributed by atoms with Crippen molar-refractivity contribution in [3.63, 3.8) is 0 Å². The van der Waals surface area contributed by atoms with E-state index in [1.807, 2.05) is 0 Å². The maximum Gasteiger partial charge on any atom is 0.0990 e. The van der Waals surface area contributed by atoms with Crippen LogP contribution in [0.3, 0.4) is 0 Å². The summed E-state index contributed by atoms with van der Waals surface area (Å²) in [4.78, 5) is 0. The summed E-state index contributed by atoms with van der Waals surface area (Å²) in [7, 11) is 0. The molecule has 0 radical (unpaired) electrons. The van der Waals surface area contributed by atoms with Crippen LogP contribution in [0, 0.1) is 0 Å². The Kier molecular flexibility index (Phi) is 5.93. The van der Waals surface area contributed by atoms with Crippen LogP contribution in [0.25, 0.3) is 0 Å². The predicted molar refractivity (Wildman–Crippen MR) is 73.9 cm³/mol. The summed E-state index contributed by atoms with van der Waals surface area (Å²) in [5, 5.41) is 3.50. The molecule has 3 unspecified atom stereocenters. The van der Waals surface area contributed by atoms with Crippen molar-refractivity contribution in [3.8, 4) is 0 Å². The molecule has 18 heavy (non-hydrogen) atoms. The number of likely N-dealkylation sites (N-methyl/N-ethyl adjacent to an activating group) is 1. The Hall–Kier alpha value is -0.120. The molecule has 106 valence electrons. The maximum absolute atomic E-state index is 6.25. The lowest BCUT2D eigenvalue weighted by Gasteiger charge is -2.46. The molecule has 0 saturated heterocycles. The van der Waals surface area contributed by atoms with Crippen molar-refractivity contribution in [1.82, 2.24) is 5.32 Å². The fourth-order valence-electron chi connectivity index (χ4n) is 3.10. The number of rotatable bonds is 7. The first-order valence-electron chi connectivity index (χ1n) is 7.85. The first-order chi connectivity index (χ1) is 8.85. The van der Waals surface area contributed by atoms with Crippen LogP contribution in [0.15, 0.2) is 0 Å². The average molecular weight is 255 g/mol. The van der Waals surface area contributed by atoms with Crippen LogP contribution in [0.1, 0.15) is 58.8 Å². The largest absolute Gasteiger partial charge is 0.374 e. The predicted octanol–water partition coefficient (Wildman–Crippen LogP) is 2.88. The molecule has 0 heterocycles. The van der Waals surface area contributed by atoms with E-state index in [0.29, 0.717) is 18.2 Å². The molecule has 2 saturated carbocycles. The van der Waals surface area contributed by atoms with Gasteiger partial charge >= 0.3 is 0 Å². The van der Waals surface area contributed by atoms with Crippen molar-refractivity contribution in [3.05, 3.63) is 0 Å². The third kappa shape index (κ3) is 3.69. The Bertz CT molecular complexity index is 229. The molecule has 1 N–H and O–H groups in total. The summed E-state index contributed by atoms with van der Waals surface area (Å²) < 4.78 is 12.2. The van der Waals surface area contributed by atoms with E-state index in [9.17, 15) is 0 Å². The molecule has 2 aliphatic rings. The van der Waals surface area contributed by atoms with Crippen molar-refractivity contribution >= 4 is 0 Å². The first kappa shape index (κ1) is 14.3. The van der Waals surface area contributed by atoms with E-state index in [-0.39, 0.29) is 6.10 Å². The third-order valence-corrected chi connectivity index (χ3v) is 4.15. The van der Waals surface area contributed by atoms with E-state index in [4.69, 9.17) is 9.47 Å². The van der Waals surface area contributed by atoms with Crippen molar-refractivity contribution in [2.75, 3.05) is 13.2 Å². The Morgan fingerprint density at radius 1 is 1.11 bits per heavy atom. The van der Waals surface area contributed by atoms with Crippen LogP contribution >= 0.6 is 0 Å². The van der Waals surface area contributed by atoms with Gasteiger partial charge in [0.15, 0.2) is 0 Å². The Morgan fingerprint density at radius 2 is 1.89 bits per heavy atom. The molecule has 2 aliphatic carbocycles. The normalized spacial score (nSPS) is 33.3. The molecule has 3 heteroatoms. The van der Waals surface area contributed by atoms with Crippen molar-refractivity contribution < 1.29 is 9.47 Å². The molecule has 3 nitrogen and oxygen atoms in total. The van der Waals surface area contributed by atoms with Gasteiger partial charge in [0.1, 0.15) is 0 Å². The minimum Gasteiger partial charge on any atom is -0.374 e. The summed E-state index contributed by atoms with van der Waals surface area (Å²) >= 11 is 0. The lowest BCUT2D eigenvalue weighted by atomic mass is 9.84. The molecular weight excluding hydrogens is 226 g/mol. The van der Waals surface area contributed by atoms with Gasteiger partial charge in [-0.1, -0.05) is 33.1 Å². The first-order valence-corrected chi connectivity index (χ1v) is 7.85. The summed E-state index contributed by atoms with van der Waals surface area (Å²) in [6, 6.07) is 0.509. The second kappa shape index (κ2) is 7.46. The molecule has 0 aromatic heterocycles.